The third-order valence-electron chi connectivity index (χ3n) is 1.05. The van der Waals surface area contributed by atoms with E-state index in [2.05, 4.69) is 5.92 Å². The van der Waals surface area contributed by atoms with Crippen LogP contribution in [0.4, 0.5) is 0 Å². The molecule has 0 bridgehead atoms. The molecule has 38 valence electrons. The molecule has 2 atom stereocenters. The summed E-state index contributed by atoms with van der Waals surface area (Å²) >= 11 is 0. The Morgan fingerprint density at radius 1 is 1.86 bits per heavy atom. The lowest BCUT2D eigenvalue weighted by atomic mass is 9.87. The predicted octanol–water partition coefficient (Wildman–Crippen LogP) is -0.826. The first-order chi connectivity index (χ1) is 3.18. The molecule has 1 nitrogen and oxygen atoms in total. The second-order valence-corrected chi connectivity index (χ2v) is 1.81. The van der Waals surface area contributed by atoms with E-state index < -0.39 is 0 Å². The van der Waals surface area contributed by atoms with Crippen LogP contribution in [0.1, 0.15) is 6.92 Å². The van der Waals surface area contributed by atoms with Crippen LogP contribution in [0.15, 0.2) is 0 Å². The summed E-state index contributed by atoms with van der Waals surface area (Å²) in [5.41, 5.74) is 5.40. The average Bonchev–Trinajstić information content (AvgIpc) is 1.65. The van der Waals surface area contributed by atoms with Crippen molar-refractivity contribution in [3.05, 3.63) is 0 Å². The quantitative estimate of drug-likeness (QED) is 0.334. The first-order valence-corrected chi connectivity index (χ1v) is 2.40. The number of terminal acetylenes is 1. The molecule has 0 rings (SSSR count). The van der Waals surface area contributed by atoms with Gasteiger partial charge in [-0.25, -0.2) is 0 Å². The molecule has 0 saturated carbocycles. The first-order valence-electron chi connectivity index (χ1n) is 2.40. The lowest BCUT2D eigenvalue weighted by Gasteiger charge is -2.05. The molecule has 0 radical (unpaired) electrons. The zero-order chi connectivity index (χ0) is 5.86. The van der Waals surface area contributed by atoms with Crippen LogP contribution in [0.25, 0.3) is 0 Å². The Bertz CT molecular complexity index is 82.6. The van der Waals surface area contributed by atoms with Crippen molar-refractivity contribution in [2.24, 2.45) is 11.7 Å². The van der Waals surface area contributed by atoms with Crippen molar-refractivity contribution < 1.29 is 0 Å². The van der Waals surface area contributed by atoms with Crippen molar-refractivity contribution in [3.8, 4) is 12.3 Å². The van der Waals surface area contributed by atoms with Gasteiger partial charge in [-0.15, -0.1) is 12.3 Å². The van der Waals surface area contributed by atoms with Gasteiger partial charge in [0.1, 0.15) is 7.85 Å². The molecule has 2 unspecified atom stereocenters. The summed E-state index contributed by atoms with van der Waals surface area (Å²) in [5.74, 6) is 2.88. The van der Waals surface area contributed by atoms with Crippen LogP contribution in [0, 0.1) is 18.3 Å². The fourth-order valence-electron chi connectivity index (χ4n) is 0.152. The maximum Gasteiger partial charge on any atom is 0.124 e. The number of hydrogen-bond donors (Lipinski definition) is 1. The Kier molecular flexibility index (Phi) is 2.55. The van der Waals surface area contributed by atoms with E-state index in [-0.39, 0.29) is 11.9 Å². The molecule has 0 aromatic carbocycles. The summed E-state index contributed by atoms with van der Waals surface area (Å²) in [5, 5.41) is 0. The number of hydrogen-bond acceptors (Lipinski definition) is 1. The Morgan fingerprint density at radius 2 is 2.29 bits per heavy atom. The van der Waals surface area contributed by atoms with Crippen molar-refractivity contribution in [3.63, 3.8) is 0 Å². The Labute approximate surface area is 45.7 Å². The number of rotatable bonds is 1. The highest BCUT2D eigenvalue weighted by atomic mass is 14.6. The maximum absolute atomic E-state index is 5.40. The SMILES string of the molecule is BC(N)C(C)C#C. The zero-order valence-corrected chi connectivity index (χ0v) is 4.81. The van der Waals surface area contributed by atoms with E-state index in [1.54, 1.807) is 0 Å². The first kappa shape index (κ1) is 6.58. The minimum atomic E-state index is 0.130. The van der Waals surface area contributed by atoms with E-state index in [0.717, 1.165) is 0 Å². The Morgan fingerprint density at radius 3 is 2.29 bits per heavy atom. The second kappa shape index (κ2) is 2.71. The van der Waals surface area contributed by atoms with Gasteiger partial charge in [-0.2, -0.15) is 0 Å². The molecule has 0 spiro atoms. The smallest absolute Gasteiger partial charge is 0.124 e. The molecule has 0 aliphatic heterocycles. The van der Waals surface area contributed by atoms with E-state index in [1.807, 2.05) is 14.8 Å². The molecule has 0 aromatic heterocycles. The van der Waals surface area contributed by atoms with Crippen LogP contribution in [0.3, 0.4) is 0 Å². The van der Waals surface area contributed by atoms with Gasteiger partial charge in [-0.1, -0.05) is 6.92 Å². The standard InChI is InChI=1S/C5H10BN/c1-3-4(2)5(6)7/h1,4-5H,6-7H2,2H3. The van der Waals surface area contributed by atoms with Crippen LogP contribution >= 0.6 is 0 Å². The van der Waals surface area contributed by atoms with Crippen molar-refractivity contribution in [2.45, 2.75) is 12.9 Å². The molecule has 7 heavy (non-hydrogen) atoms. The van der Waals surface area contributed by atoms with Gasteiger partial charge in [-0.3, -0.25) is 0 Å². The highest BCUT2D eigenvalue weighted by Crippen LogP contribution is 1.90. The maximum atomic E-state index is 5.40. The summed E-state index contributed by atoms with van der Waals surface area (Å²) < 4.78 is 0. The third kappa shape index (κ3) is 2.30. The van der Waals surface area contributed by atoms with Gasteiger partial charge in [0, 0.05) is 5.92 Å². The highest BCUT2D eigenvalue weighted by molar-refractivity contribution is 6.11. The molecule has 0 aromatic rings. The second-order valence-electron chi connectivity index (χ2n) is 1.81. The van der Waals surface area contributed by atoms with Gasteiger partial charge in [-0.05, 0) is 5.94 Å². The van der Waals surface area contributed by atoms with Gasteiger partial charge >= 0.3 is 0 Å². The van der Waals surface area contributed by atoms with Crippen molar-refractivity contribution in [2.75, 3.05) is 0 Å². The van der Waals surface area contributed by atoms with Crippen LogP contribution < -0.4 is 5.73 Å². The van der Waals surface area contributed by atoms with Gasteiger partial charge in [0.2, 0.25) is 0 Å². The van der Waals surface area contributed by atoms with Gasteiger partial charge in [0.25, 0.3) is 0 Å². The molecule has 2 N–H and O–H groups in total. The van der Waals surface area contributed by atoms with Crippen LogP contribution in [-0.4, -0.2) is 13.8 Å². The minimum absolute atomic E-state index is 0.130. The minimum Gasteiger partial charge on any atom is -0.334 e. The summed E-state index contributed by atoms with van der Waals surface area (Å²) in [6, 6.07) is 0. The van der Waals surface area contributed by atoms with Gasteiger partial charge in [0.15, 0.2) is 0 Å². The van der Waals surface area contributed by atoms with E-state index in [4.69, 9.17) is 12.2 Å². The third-order valence-corrected chi connectivity index (χ3v) is 1.05. The highest BCUT2D eigenvalue weighted by Gasteiger charge is 1.99. The van der Waals surface area contributed by atoms with Crippen molar-refractivity contribution >= 4 is 7.85 Å². The Hall–Kier alpha value is -0.415. The lowest BCUT2D eigenvalue weighted by molar-refractivity contribution is 0.707. The largest absolute Gasteiger partial charge is 0.334 e. The topological polar surface area (TPSA) is 26.0 Å². The fourth-order valence-corrected chi connectivity index (χ4v) is 0.152. The van der Waals surface area contributed by atoms with E-state index >= 15 is 0 Å². The van der Waals surface area contributed by atoms with E-state index in [9.17, 15) is 0 Å². The molecule has 0 aliphatic rings. The summed E-state index contributed by atoms with van der Waals surface area (Å²) in [7, 11) is 1.91. The summed E-state index contributed by atoms with van der Waals surface area (Å²) in [6.07, 6.45) is 5.04. The summed E-state index contributed by atoms with van der Waals surface area (Å²) in [4.78, 5) is 0. The molecule has 0 fully saturated rings. The Balaban J connectivity index is 3.40. The average molecular weight is 95.0 g/mol. The molecule has 0 saturated heterocycles. The molecule has 0 amide bonds. The van der Waals surface area contributed by atoms with Crippen LogP contribution in [0.5, 0.6) is 0 Å². The lowest BCUT2D eigenvalue weighted by Crippen LogP contribution is -2.26. The summed E-state index contributed by atoms with van der Waals surface area (Å²) in [6.45, 7) is 1.94. The fraction of sp³-hybridized carbons (Fsp3) is 0.600. The van der Waals surface area contributed by atoms with Crippen LogP contribution in [0.2, 0.25) is 0 Å². The molecule has 0 heterocycles. The molecular formula is C5H10BN. The normalized spacial score (nSPS) is 17.3. The van der Waals surface area contributed by atoms with E-state index in [0.29, 0.717) is 0 Å². The molecular weight excluding hydrogens is 84.9 g/mol. The predicted molar refractivity (Wildman–Crippen MR) is 34.5 cm³/mol. The van der Waals surface area contributed by atoms with Crippen molar-refractivity contribution in [1.82, 2.24) is 0 Å². The monoisotopic (exact) mass is 95.1 g/mol. The van der Waals surface area contributed by atoms with Gasteiger partial charge < -0.3 is 5.73 Å². The van der Waals surface area contributed by atoms with Gasteiger partial charge in [0.05, 0.1) is 0 Å². The molecule has 0 aliphatic carbocycles. The van der Waals surface area contributed by atoms with Crippen LogP contribution in [-0.2, 0) is 0 Å². The number of nitrogens with two attached hydrogens (primary N) is 1. The van der Waals surface area contributed by atoms with Crippen molar-refractivity contribution in [1.29, 1.82) is 0 Å². The molecule has 2 heteroatoms. The van der Waals surface area contributed by atoms with E-state index in [1.165, 1.54) is 0 Å². The zero-order valence-electron chi connectivity index (χ0n) is 4.81.